The summed E-state index contributed by atoms with van der Waals surface area (Å²) in [4.78, 5) is 32.6. The van der Waals surface area contributed by atoms with Gasteiger partial charge in [-0.1, -0.05) is 47.7 Å². The maximum absolute atomic E-state index is 13.9. The van der Waals surface area contributed by atoms with Gasteiger partial charge in [-0.25, -0.2) is 4.99 Å². The van der Waals surface area contributed by atoms with Gasteiger partial charge in [-0.05, 0) is 60.5 Å². The van der Waals surface area contributed by atoms with Crippen molar-refractivity contribution in [3.63, 3.8) is 0 Å². The molecule has 0 radical (unpaired) electrons. The van der Waals surface area contributed by atoms with Gasteiger partial charge in [-0.2, -0.15) is 8.78 Å². The molecule has 8 nitrogen and oxygen atoms in total. The monoisotopic (exact) mass is 577 g/mol. The van der Waals surface area contributed by atoms with Crippen LogP contribution in [0.5, 0.6) is 17.2 Å². The Balaban J connectivity index is 1.63. The van der Waals surface area contributed by atoms with Crippen LogP contribution in [-0.4, -0.2) is 31.3 Å². The second-order valence-electron chi connectivity index (χ2n) is 8.96. The predicted octanol–water partition coefficient (Wildman–Crippen LogP) is 4.49. The average Bonchev–Trinajstić information content (AvgIpc) is 3.27. The van der Waals surface area contributed by atoms with Gasteiger partial charge in [-0.15, -0.1) is 0 Å². The highest BCUT2D eigenvalue weighted by Gasteiger charge is 2.32. The lowest BCUT2D eigenvalue weighted by molar-refractivity contribution is -0.113. The van der Waals surface area contributed by atoms with E-state index in [0.717, 1.165) is 11.3 Å². The first-order valence-electron chi connectivity index (χ1n) is 12.4. The number of hydrogen-bond acceptors (Lipinski definition) is 7. The minimum Gasteiger partial charge on any atom is -0.497 e. The molecule has 41 heavy (non-hydrogen) atoms. The fraction of sp³-hybridized carbons (Fsp3) is 0.167. The molecule has 0 bridgehead atoms. The molecule has 0 saturated carbocycles. The molecule has 1 N–H and O–H groups in total. The summed E-state index contributed by atoms with van der Waals surface area (Å²) >= 11 is 1.16. The smallest absolute Gasteiger partial charge is 0.387 e. The molecule has 1 aromatic heterocycles. The summed E-state index contributed by atoms with van der Waals surface area (Å²) in [5.74, 6) is 0.223. The summed E-state index contributed by atoms with van der Waals surface area (Å²) in [6.45, 7) is -1.27. The molecule has 11 heteroatoms. The Morgan fingerprint density at radius 2 is 1.76 bits per heavy atom. The summed E-state index contributed by atoms with van der Waals surface area (Å²) in [5.41, 5.74) is 2.28. The number of fused-ring (bicyclic) bond motifs is 1. The van der Waals surface area contributed by atoms with Gasteiger partial charge in [-0.3, -0.25) is 14.2 Å². The minimum atomic E-state index is -3.01. The van der Waals surface area contributed by atoms with Crippen molar-refractivity contribution in [2.75, 3.05) is 19.5 Å². The number of para-hydroxylation sites is 1. The molecule has 0 saturated heterocycles. The lowest BCUT2D eigenvalue weighted by Gasteiger charge is -2.25. The largest absolute Gasteiger partial charge is 0.497 e. The number of rotatable bonds is 8. The number of nitrogens with zero attached hydrogens (tertiary/aromatic N) is 2. The number of amides is 1. The molecule has 5 rings (SSSR count). The topological polar surface area (TPSA) is 91.2 Å². The number of benzene rings is 3. The van der Waals surface area contributed by atoms with E-state index in [0.29, 0.717) is 43.2 Å². The highest BCUT2D eigenvalue weighted by molar-refractivity contribution is 7.07. The van der Waals surface area contributed by atoms with Crippen molar-refractivity contribution in [2.24, 2.45) is 4.99 Å². The predicted molar refractivity (Wildman–Crippen MR) is 151 cm³/mol. The van der Waals surface area contributed by atoms with Crippen LogP contribution in [0.4, 0.5) is 14.5 Å². The Hall–Kier alpha value is -4.77. The van der Waals surface area contributed by atoms with Crippen LogP contribution in [0.25, 0.3) is 6.08 Å². The molecule has 4 aromatic rings. The average molecular weight is 578 g/mol. The van der Waals surface area contributed by atoms with Crippen LogP contribution in [0, 0.1) is 0 Å². The molecule has 0 fully saturated rings. The lowest BCUT2D eigenvalue weighted by atomic mass is 9.95. The minimum absolute atomic E-state index is 0.0960. The third-order valence-electron chi connectivity index (χ3n) is 6.43. The normalized spacial score (nSPS) is 14.9. The van der Waals surface area contributed by atoms with Gasteiger partial charge < -0.3 is 19.5 Å². The summed E-state index contributed by atoms with van der Waals surface area (Å²) < 4.78 is 42.3. The van der Waals surface area contributed by atoms with Crippen LogP contribution >= 0.6 is 11.3 Å². The van der Waals surface area contributed by atoms with Crippen molar-refractivity contribution in [3.8, 4) is 17.2 Å². The first-order valence-corrected chi connectivity index (χ1v) is 13.3. The number of halogens is 2. The van der Waals surface area contributed by atoms with Gasteiger partial charge >= 0.3 is 6.61 Å². The van der Waals surface area contributed by atoms with E-state index in [2.05, 4.69) is 15.0 Å². The van der Waals surface area contributed by atoms with Gasteiger partial charge in [0.2, 0.25) is 0 Å². The summed E-state index contributed by atoms with van der Waals surface area (Å²) in [5, 5.41) is 2.91. The van der Waals surface area contributed by atoms with Crippen LogP contribution in [0.2, 0.25) is 0 Å². The van der Waals surface area contributed by atoms with Crippen LogP contribution in [0.1, 0.15) is 24.1 Å². The zero-order valence-corrected chi connectivity index (χ0v) is 23.1. The van der Waals surface area contributed by atoms with Crippen LogP contribution in [-0.2, 0) is 4.79 Å². The number of alkyl halides is 2. The van der Waals surface area contributed by atoms with E-state index in [4.69, 9.17) is 9.47 Å². The van der Waals surface area contributed by atoms with Gasteiger partial charge in [0.1, 0.15) is 5.75 Å². The van der Waals surface area contributed by atoms with Crippen molar-refractivity contribution < 1.29 is 27.8 Å². The fourth-order valence-corrected chi connectivity index (χ4v) is 5.60. The zero-order valence-electron chi connectivity index (χ0n) is 22.3. The van der Waals surface area contributed by atoms with Crippen LogP contribution in [0.3, 0.4) is 0 Å². The maximum Gasteiger partial charge on any atom is 0.387 e. The van der Waals surface area contributed by atoms with E-state index in [-0.39, 0.29) is 23.0 Å². The molecule has 3 aromatic carbocycles. The number of hydrogen-bond donors (Lipinski definition) is 1. The molecule has 1 atom stereocenters. The van der Waals surface area contributed by atoms with Gasteiger partial charge in [0.15, 0.2) is 16.3 Å². The van der Waals surface area contributed by atoms with Crippen LogP contribution in [0.15, 0.2) is 93.9 Å². The van der Waals surface area contributed by atoms with Crippen LogP contribution < -0.4 is 34.4 Å². The van der Waals surface area contributed by atoms with Crippen molar-refractivity contribution in [3.05, 3.63) is 115 Å². The third-order valence-corrected chi connectivity index (χ3v) is 7.41. The van der Waals surface area contributed by atoms with Gasteiger partial charge in [0, 0.05) is 5.69 Å². The second kappa shape index (κ2) is 11.8. The second-order valence-corrected chi connectivity index (χ2v) is 9.97. The Labute approximate surface area is 237 Å². The summed E-state index contributed by atoms with van der Waals surface area (Å²) in [6, 6.07) is 19.8. The highest BCUT2D eigenvalue weighted by Crippen LogP contribution is 2.32. The number of carbonyl (C=O) groups excluding carboxylic acids is 1. The third kappa shape index (κ3) is 5.75. The number of anilines is 1. The summed E-state index contributed by atoms with van der Waals surface area (Å²) in [6.07, 6.45) is 1.62. The molecule has 0 spiro atoms. The maximum atomic E-state index is 13.9. The van der Waals surface area contributed by atoms with E-state index in [1.165, 1.54) is 23.8 Å². The number of methoxy groups -OCH3 is 2. The van der Waals surface area contributed by atoms with Gasteiger partial charge in [0.25, 0.3) is 11.5 Å². The van der Waals surface area contributed by atoms with E-state index in [9.17, 15) is 18.4 Å². The number of carbonyl (C=O) groups is 1. The SMILES string of the molecule is COc1ccc(C2C(C(=O)Nc3ccccc3)=C(C)N=c3s/c(=C\c4ccc(OC(F)F)c(OC)c4)c(=O)n32)cc1. The number of thiazole rings is 1. The standard InChI is InChI=1S/C30H25F2N3O5S/c1-17-25(27(36)34-20-7-5-4-6-8-20)26(19-10-12-21(38-2)13-11-19)35-28(37)24(41-30(35)33-17)16-18-9-14-22(40-29(31)32)23(15-18)39-3/h4-16,26,29H,1-3H3,(H,34,36)/b24-16-. The van der Waals surface area contributed by atoms with E-state index in [1.54, 1.807) is 50.4 Å². The molecular formula is C30H25F2N3O5S. The number of nitrogens with one attached hydrogen (secondary N) is 1. The molecular weight excluding hydrogens is 552 g/mol. The Morgan fingerprint density at radius 1 is 1.02 bits per heavy atom. The van der Waals surface area contributed by atoms with Crippen molar-refractivity contribution >= 4 is 29.0 Å². The highest BCUT2D eigenvalue weighted by atomic mass is 32.1. The molecule has 1 aliphatic rings. The molecule has 1 amide bonds. The van der Waals surface area contributed by atoms with E-state index < -0.39 is 12.7 Å². The van der Waals surface area contributed by atoms with E-state index >= 15 is 0 Å². The Kier molecular flexibility index (Phi) is 7.97. The molecule has 1 aliphatic heterocycles. The lowest BCUT2D eigenvalue weighted by Crippen LogP contribution is -2.40. The van der Waals surface area contributed by atoms with Gasteiger partial charge in [0.05, 0.1) is 36.1 Å². The Bertz CT molecular complexity index is 1800. The molecule has 1 unspecified atom stereocenters. The zero-order chi connectivity index (χ0) is 29.1. The molecule has 0 aliphatic carbocycles. The number of aromatic nitrogens is 1. The first kappa shape index (κ1) is 27.8. The molecule has 2 heterocycles. The number of allylic oxidation sites excluding steroid dienone is 1. The number of ether oxygens (including phenoxy) is 3. The first-order chi connectivity index (χ1) is 19.8. The van der Waals surface area contributed by atoms with Crippen molar-refractivity contribution in [1.29, 1.82) is 0 Å². The van der Waals surface area contributed by atoms with Crippen molar-refractivity contribution in [1.82, 2.24) is 4.57 Å². The summed E-state index contributed by atoms with van der Waals surface area (Å²) in [7, 11) is 2.90. The van der Waals surface area contributed by atoms with Crippen molar-refractivity contribution in [2.45, 2.75) is 19.6 Å². The quantitative estimate of drug-likeness (QED) is 0.333. The molecule has 210 valence electrons. The Morgan fingerprint density at radius 3 is 2.41 bits per heavy atom. The fourth-order valence-electron chi connectivity index (χ4n) is 4.55. The van der Waals surface area contributed by atoms with E-state index in [1.807, 2.05) is 30.3 Å².